The molecule has 5 heteroatoms. The van der Waals surface area contributed by atoms with Crippen molar-refractivity contribution in [3.05, 3.63) is 77.9 Å². The number of methoxy groups -OCH3 is 1. The third-order valence-electron chi connectivity index (χ3n) is 4.28. The smallest absolute Gasteiger partial charge is 0.337 e. The van der Waals surface area contributed by atoms with Crippen LogP contribution >= 0.6 is 0 Å². The normalized spacial score (nSPS) is 11.7. The van der Waals surface area contributed by atoms with Crippen molar-refractivity contribution >= 4 is 11.7 Å². The van der Waals surface area contributed by atoms with E-state index in [1.165, 1.54) is 7.11 Å². The number of aromatic nitrogens is 2. The summed E-state index contributed by atoms with van der Waals surface area (Å²) in [5, 5.41) is 3.46. The molecule has 0 saturated carbocycles. The molecule has 5 nitrogen and oxygen atoms in total. The Morgan fingerprint density at radius 1 is 1.08 bits per heavy atom. The van der Waals surface area contributed by atoms with Gasteiger partial charge in [-0.3, -0.25) is 9.97 Å². The second-order valence-corrected chi connectivity index (χ2v) is 6.14. The van der Waals surface area contributed by atoms with Gasteiger partial charge in [0.25, 0.3) is 0 Å². The lowest BCUT2D eigenvalue weighted by molar-refractivity contribution is 0.0601. The van der Waals surface area contributed by atoms with Gasteiger partial charge < -0.3 is 10.1 Å². The minimum Gasteiger partial charge on any atom is -0.465 e. The Labute approximate surface area is 153 Å². The van der Waals surface area contributed by atoms with Crippen molar-refractivity contribution in [2.45, 2.75) is 19.9 Å². The first-order valence-electron chi connectivity index (χ1n) is 8.39. The van der Waals surface area contributed by atoms with Crippen molar-refractivity contribution in [1.29, 1.82) is 0 Å². The van der Waals surface area contributed by atoms with Crippen molar-refractivity contribution in [1.82, 2.24) is 9.97 Å². The number of anilines is 1. The number of pyridine rings is 2. The van der Waals surface area contributed by atoms with E-state index in [2.05, 4.69) is 28.3 Å². The van der Waals surface area contributed by atoms with Crippen molar-refractivity contribution in [3.63, 3.8) is 0 Å². The summed E-state index contributed by atoms with van der Waals surface area (Å²) < 4.78 is 4.80. The van der Waals surface area contributed by atoms with Gasteiger partial charge in [-0.25, -0.2) is 4.79 Å². The number of carbonyl (C=O) groups excluding carboxylic acids is 1. The predicted molar refractivity (Wildman–Crippen MR) is 102 cm³/mol. The van der Waals surface area contributed by atoms with Gasteiger partial charge in [0.05, 0.1) is 18.7 Å². The highest BCUT2D eigenvalue weighted by atomic mass is 16.5. The van der Waals surface area contributed by atoms with E-state index in [0.717, 1.165) is 27.9 Å². The van der Waals surface area contributed by atoms with E-state index in [-0.39, 0.29) is 12.0 Å². The lowest BCUT2D eigenvalue weighted by Gasteiger charge is -2.18. The predicted octanol–water partition coefficient (Wildman–Crippen LogP) is 4.41. The fraction of sp³-hybridized carbons (Fsp3) is 0.190. The van der Waals surface area contributed by atoms with Crippen molar-refractivity contribution < 1.29 is 9.53 Å². The standard InChI is InChI=1S/C21H21N3O2/c1-14-6-7-16(21(25)26-3)10-20(14)24-15(2)18-9-19(13-23-12-18)17-5-4-8-22-11-17/h4-13,15,24H,1-3H3. The van der Waals surface area contributed by atoms with Crippen LogP contribution in [0.5, 0.6) is 0 Å². The number of rotatable bonds is 5. The first-order valence-corrected chi connectivity index (χ1v) is 8.39. The number of hydrogen-bond donors (Lipinski definition) is 1. The van der Waals surface area contributed by atoms with Crippen LogP contribution < -0.4 is 5.32 Å². The van der Waals surface area contributed by atoms with Crippen molar-refractivity contribution in [2.75, 3.05) is 12.4 Å². The van der Waals surface area contributed by atoms with Crippen LogP contribution in [0.1, 0.15) is 34.5 Å². The summed E-state index contributed by atoms with van der Waals surface area (Å²) in [6.07, 6.45) is 7.25. The highest BCUT2D eigenvalue weighted by molar-refractivity contribution is 5.90. The number of hydrogen-bond acceptors (Lipinski definition) is 5. The van der Waals surface area contributed by atoms with E-state index in [0.29, 0.717) is 5.56 Å². The van der Waals surface area contributed by atoms with Crippen molar-refractivity contribution in [2.24, 2.45) is 0 Å². The molecule has 0 radical (unpaired) electrons. The molecular formula is C21H21N3O2. The number of ether oxygens (including phenoxy) is 1. The highest BCUT2D eigenvalue weighted by Gasteiger charge is 2.12. The molecule has 0 spiro atoms. The number of aryl methyl sites for hydroxylation is 1. The van der Waals surface area contributed by atoms with E-state index < -0.39 is 0 Å². The summed E-state index contributed by atoms with van der Waals surface area (Å²) in [5.41, 5.74) is 5.57. The molecule has 1 aromatic carbocycles. The zero-order valence-electron chi connectivity index (χ0n) is 15.1. The monoisotopic (exact) mass is 347 g/mol. The summed E-state index contributed by atoms with van der Waals surface area (Å²) in [5.74, 6) is -0.346. The van der Waals surface area contributed by atoms with Gasteiger partial charge in [-0.05, 0) is 49.2 Å². The van der Waals surface area contributed by atoms with E-state index in [1.54, 1.807) is 12.3 Å². The molecule has 0 aliphatic carbocycles. The maximum Gasteiger partial charge on any atom is 0.337 e. The zero-order chi connectivity index (χ0) is 18.5. The Balaban J connectivity index is 1.85. The van der Waals surface area contributed by atoms with Crippen molar-refractivity contribution in [3.8, 4) is 11.1 Å². The molecule has 1 N–H and O–H groups in total. The molecule has 0 bridgehead atoms. The number of benzene rings is 1. The summed E-state index contributed by atoms with van der Waals surface area (Å²) in [7, 11) is 1.38. The van der Waals surface area contributed by atoms with Gasteiger partial charge in [-0.2, -0.15) is 0 Å². The average molecular weight is 347 g/mol. The fourth-order valence-electron chi connectivity index (χ4n) is 2.72. The summed E-state index contributed by atoms with van der Waals surface area (Å²) in [4.78, 5) is 20.3. The number of nitrogens with zero attached hydrogens (tertiary/aromatic N) is 2. The first-order chi connectivity index (χ1) is 12.6. The fourth-order valence-corrected chi connectivity index (χ4v) is 2.72. The van der Waals surface area contributed by atoms with Crippen LogP contribution in [0.2, 0.25) is 0 Å². The van der Waals surface area contributed by atoms with Gasteiger partial charge in [-0.15, -0.1) is 0 Å². The Bertz CT molecular complexity index is 910. The highest BCUT2D eigenvalue weighted by Crippen LogP contribution is 2.26. The third-order valence-corrected chi connectivity index (χ3v) is 4.28. The Morgan fingerprint density at radius 3 is 2.62 bits per heavy atom. The number of nitrogens with one attached hydrogen (secondary N) is 1. The van der Waals surface area contributed by atoms with Crippen LogP contribution in [-0.2, 0) is 4.74 Å². The molecule has 2 aromatic heterocycles. The van der Waals surface area contributed by atoms with E-state index in [4.69, 9.17) is 4.74 Å². The number of carbonyl (C=O) groups is 1. The topological polar surface area (TPSA) is 64.1 Å². The van der Waals surface area contributed by atoms with Gasteiger partial charge in [0.15, 0.2) is 0 Å². The molecule has 1 unspecified atom stereocenters. The molecule has 0 saturated heterocycles. The average Bonchev–Trinajstić information content (AvgIpc) is 2.69. The molecular weight excluding hydrogens is 326 g/mol. The molecule has 0 aliphatic heterocycles. The van der Waals surface area contributed by atoms with Gasteiger partial charge in [0, 0.05) is 41.6 Å². The molecule has 0 aliphatic rings. The molecule has 3 rings (SSSR count). The Hall–Kier alpha value is -3.21. The zero-order valence-corrected chi connectivity index (χ0v) is 15.1. The Morgan fingerprint density at radius 2 is 1.88 bits per heavy atom. The quantitative estimate of drug-likeness (QED) is 0.693. The Kier molecular flexibility index (Phi) is 5.27. The summed E-state index contributed by atoms with van der Waals surface area (Å²) in [6, 6.07) is 11.5. The molecule has 1 atom stereocenters. The molecule has 132 valence electrons. The van der Waals surface area contributed by atoms with E-state index >= 15 is 0 Å². The molecule has 0 fully saturated rings. The molecule has 2 heterocycles. The number of esters is 1. The maximum atomic E-state index is 11.8. The van der Waals surface area contributed by atoms with Crippen LogP contribution in [0.15, 0.2) is 61.2 Å². The summed E-state index contributed by atoms with van der Waals surface area (Å²) in [6.45, 7) is 4.06. The SMILES string of the molecule is COC(=O)c1ccc(C)c(NC(C)c2cncc(-c3cccnc3)c2)c1. The maximum absolute atomic E-state index is 11.8. The van der Waals surface area contributed by atoms with Gasteiger partial charge >= 0.3 is 5.97 Å². The molecule has 3 aromatic rings. The van der Waals surface area contributed by atoms with Gasteiger partial charge in [0.2, 0.25) is 0 Å². The van der Waals surface area contributed by atoms with Crippen LogP contribution in [-0.4, -0.2) is 23.0 Å². The lowest BCUT2D eigenvalue weighted by atomic mass is 10.0. The van der Waals surface area contributed by atoms with Crippen LogP contribution in [0, 0.1) is 6.92 Å². The minimum atomic E-state index is -0.346. The third kappa shape index (κ3) is 3.88. The second kappa shape index (κ2) is 7.78. The van der Waals surface area contributed by atoms with Crippen LogP contribution in [0.25, 0.3) is 11.1 Å². The molecule has 0 amide bonds. The van der Waals surface area contributed by atoms with E-state index in [1.807, 2.05) is 49.8 Å². The lowest BCUT2D eigenvalue weighted by Crippen LogP contribution is -2.10. The van der Waals surface area contributed by atoms with Gasteiger partial charge in [0.1, 0.15) is 0 Å². The van der Waals surface area contributed by atoms with Gasteiger partial charge in [-0.1, -0.05) is 12.1 Å². The van der Waals surface area contributed by atoms with E-state index in [9.17, 15) is 4.79 Å². The summed E-state index contributed by atoms with van der Waals surface area (Å²) >= 11 is 0. The van der Waals surface area contributed by atoms with Crippen LogP contribution in [0.3, 0.4) is 0 Å². The van der Waals surface area contributed by atoms with Crippen LogP contribution in [0.4, 0.5) is 5.69 Å². The second-order valence-electron chi connectivity index (χ2n) is 6.14. The first kappa shape index (κ1) is 17.6. The minimum absolute atomic E-state index is 0.0192. The largest absolute Gasteiger partial charge is 0.465 e. The molecule has 26 heavy (non-hydrogen) atoms.